The fourth-order valence-electron chi connectivity index (χ4n) is 3.65. The molecule has 0 saturated carbocycles. The highest BCUT2D eigenvalue weighted by molar-refractivity contribution is 7.98. The van der Waals surface area contributed by atoms with E-state index in [0.29, 0.717) is 29.5 Å². The molecule has 0 radical (unpaired) electrons. The molecule has 0 aliphatic rings. The number of rotatable bonds is 7. The maximum absolute atomic E-state index is 12.2. The summed E-state index contributed by atoms with van der Waals surface area (Å²) >= 11 is 1.54. The third-order valence-corrected chi connectivity index (χ3v) is 6.32. The van der Waals surface area contributed by atoms with Crippen molar-refractivity contribution < 1.29 is 8.83 Å². The van der Waals surface area contributed by atoms with Crippen LogP contribution in [-0.2, 0) is 18.7 Å². The van der Waals surface area contributed by atoms with Gasteiger partial charge in [0, 0.05) is 17.2 Å². The third-order valence-electron chi connectivity index (χ3n) is 5.30. The van der Waals surface area contributed by atoms with E-state index in [-0.39, 0.29) is 5.63 Å². The van der Waals surface area contributed by atoms with Gasteiger partial charge in [0.05, 0.1) is 12.8 Å². The van der Waals surface area contributed by atoms with Crippen LogP contribution in [0.25, 0.3) is 22.6 Å². The predicted octanol–water partition coefficient (Wildman–Crippen LogP) is 5.55. The van der Waals surface area contributed by atoms with E-state index in [4.69, 9.17) is 8.83 Å². The van der Waals surface area contributed by atoms with E-state index < -0.39 is 0 Å². The van der Waals surface area contributed by atoms with Gasteiger partial charge in [-0.2, -0.15) is 0 Å². The first-order valence-electron chi connectivity index (χ1n) is 10.4. The maximum Gasteiger partial charge on any atom is 0.336 e. The Morgan fingerprint density at radius 3 is 2.62 bits per heavy atom. The molecule has 32 heavy (non-hydrogen) atoms. The summed E-state index contributed by atoms with van der Waals surface area (Å²) in [7, 11) is 0. The summed E-state index contributed by atoms with van der Waals surface area (Å²) in [6.45, 7) is 2.69. The number of aromatic nitrogens is 3. The number of benzene rings is 2. The van der Waals surface area contributed by atoms with E-state index in [1.807, 2.05) is 47.0 Å². The summed E-state index contributed by atoms with van der Waals surface area (Å²) in [4.78, 5) is 12.2. The molecule has 2 aromatic carbocycles. The van der Waals surface area contributed by atoms with E-state index in [1.54, 1.807) is 12.3 Å². The molecule has 0 N–H and O–H groups in total. The number of hydrogen-bond donors (Lipinski definition) is 0. The molecule has 0 aliphatic carbocycles. The monoisotopic (exact) mass is 443 g/mol. The van der Waals surface area contributed by atoms with Gasteiger partial charge >= 0.3 is 5.63 Å². The Labute approximate surface area is 188 Å². The molecule has 5 aromatic rings. The Balaban J connectivity index is 1.49. The number of aryl methyl sites for hydroxylation is 1. The van der Waals surface area contributed by atoms with Crippen molar-refractivity contribution in [2.45, 2.75) is 30.8 Å². The van der Waals surface area contributed by atoms with Crippen molar-refractivity contribution >= 4 is 22.7 Å². The molecule has 6 nitrogen and oxygen atoms in total. The van der Waals surface area contributed by atoms with Crippen LogP contribution < -0.4 is 5.63 Å². The maximum atomic E-state index is 12.2. The Kier molecular flexibility index (Phi) is 5.64. The highest BCUT2D eigenvalue weighted by Crippen LogP contribution is 2.30. The predicted molar refractivity (Wildman–Crippen MR) is 125 cm³/mol. The number of furan rings is 1. The molecule has 0 saturated heterocycles. The van der Waals surface area contributed by atoms with Gasteiger partial charge in [0.25, 0.3) is 0 Å². The Bertz CT molecular complexity index is 1410. The van der Waals surface area contributed by atoms with Gasteiger partial charge in [-0.25, -0.2) is 4.79 Å². The zero-order valence-electron chi connectivity index (χ0n) is 17.5. The lowest BCUT2D eigenvalue weighted by Gasteiger charge is -2.10. The van der Waals surface area contributed by atoms with Crippen molar-refractivity contribution in [1.82, 2.24) is 14.8 Å². The van der Waals surface area contributed by atoms with Gasteiger partial charge in [-0.3, -0.25) is 4.57 Å². The molecule has 5 rings (SSSR count). The molecule has 0 amide bonds. The lowest BCUT2D eigenvalue weighted by Crippen LogP contribution is -2.04. The van der Waals surface area contributed by atoms with Gasteiger partial charge in [-0.15, -0.1) is 10.2 Å². The smallest absolute Gasteiger partial charge is 0.336 e. The van der Waals surface area contributed by atoms with Crippen molar-refractivity contribution in [2.24, 2.45) is 0 Å². The van der Waals surface area contributed by atoms with Crippen LogP contribution in [0.15, 0.2) is 91.8 Å². The first-order chi connectivity index (χ1) is 15.7. The summed E-state index contributed by atoms with van der Waals surface area (Å²) in [6, 6.07) is 21.5. The van der Waals surface area contributed by atoms with Crippen LogP contribution >= 0.6 is 11.8 Å². The molecular formula is C25H21N3O3S. The molecule has 7 heteroatoms. The van der Waals surface area contributed by atoms with Gasteiger partial charge in [-0.1, -0.05) is 61.2 Å². The molecule has 3 heterocycles. The molecule has 0 unspecified atom stereocenters. The van der Waals surface area contributed by atoms with Crippen molar-refractivity contribution in [2.75, 3.05) is 0 Å². The first kappa shape index (κ1) is 20.3. The van der Waals surface area contributed by atoms with E-state index >= 15 is 0 Å². The molecule has 0 fully saturated rings. The topological polar surface area (TPSA) is 74.1 Å². The molecule has 0 bridgehead atoms. The highest BCUT2D eigenvalue weighted by atomic mass is 32.2. The van der Waals surface area contributed by atoms with E-state index in [2.05, 4.69) is 35.3 Å². The SMILES string of the molecule is CCc1ccc2c(CSc3nnc(-c4ccco4)n3Cc3ccccc3)cc(=O)oc2c1. The van der Waals surface area contributed by atoms with E-state index in [9.17, 15) is 4.79 Å². The van der Waals surface area contributed by atoms with E-state index in [0.717, 1.165) is 33.7 Å². The lowest BCUT2D eigenvalue weighted by atomic mass is 10.1. The van der Waals surface area contributed by atoms with Crippen LogP contribution in [0.3, 0.4) is 0 Å². The number of nitrogens with zero attached hydrogens (tertiary/aromatic N) is 3. The fraction of sp³-hybridized carbons (Fsp3) is 0.160. The zero-order valence-corrected chi connectivity index (χ0v) is 18.3. The van der Waals surface area contributed by atoms with Crippen LogP contribution in [0.4, 0.5) is 0 Å². The average molecular weight is 444 g/mol. The lowest BCUT2D eigenvalue weighted by molar-refractivity contribution is 0.559. The summed E-state index contributed by atoms with van der Waals surface area (Å²) in [5.41, 5.74) is 3.46. The van der Waals surface area contributed by atoms with Crippen LogP contribution in [0, 0.1) is 0 Å². The average Bonchev–Trinajstić information content (AvgIpc) is 3.47. The summed E-state index contributed by atoms with van der Waals surface area (Å²) in [5.74, 6) is 1.91. The minimum atomic E-state index is -0.344. The van der Waals surface area contributed by atoms with Crippen LogP contribution in [0.1, 0.15) is 23.6 Å². The Morgan fingerprint density at radius 1 is 0.969 bits per heavy atom. The van der Waals surface area contributed by atoms with Crippen LogP contribution in [0.2, 0.25) is 0 Å². The number of fused-ring (bicyclic) bond motifs is 1. The Hall–Kier alpha value is -3.58. The molecule has 160 valence electrons. The Morgan fingerprint density at radius 2 is 1.84 bits per heavy atom. The van der Waals surface area contributed by atoms with Crippen LogP contribution in [0.5, 0.6) is 0 Å². The van der Waals surface area contributed by atoms with Crippen molar-refractivity contribution in [3.05, 3.63) is 100 Å². The summed E-state index contributed by atoms with van der Waals surface area (Å²) in [5, 5.41) is 10.5. The normalized spacial score (nSPS) is 11.3. The quantitative estimate of drug-likeness (QED) is 0.243. The minimum Gasteiger partial charge on any atom is -0.461 e. The van der Waals surface area contributed by atoms with Gasteiger partial charge < -0.3 is 8.83 Å². The van der Waals surface area contributed by atoms with Crippen molar-refractivity contribution in [3.63, 3.8) is 0 Å². The molecular weight excluding hydrogens is 422 g/mol. The molecule has 0 atom stereocenters. The molecule has 0 spiro atoms. The second-order valence-corrected chi connectivity index (χ2v) is 8.36. The van der Waals surface area contributed by atoms with Crippen molar-refractivity contribution in [1.29, 1.82) is 0 Å². The largest absolute Gasteiger partial charge is 0.461 e. The minimum absolute atomic E-state index is 0.344. The van der Waals surface area contributed by atoms with Gasteiger partial charge in [0.15, 0.2) is 10.9 Å². The van der Waals surface area contributed by atoms with Gasteiger partial charge in [0.2, 0.25) is 5.82 Å². The third kappa shape index (κ3) is 4.11. The molecule has 0 aliphatic heterocycles. The van der Waals surface area contributed by atoms with Gasteiger partial charge in [0.1, 0.15) is 5.58 Å². The number of thioether (sulfide) groups is 1. The second-order valence-electron chi connectivity index (χ2n) is 7.42. The zero-order chi connectivity index (χ0) is 21.9. The summed E-state index contributed by atoms with van der Waals surface area (Å²) < 4.78 is 13.1. The van der Waals surface area contributed by atoms with Crippen LogP contribution in [-0.4, -0.2) is 14.8 Å². The summed E-state index contributed by atoms with van der Waals surface area (Å²) in [6.07, 6.45) is 2.51. The number of hydrogen-bond acceptors (Lipinski definition) is 6. The highest BCUT2D eigenvalue weighted by Gasteiger charge is 2.17. The van der Waals surface area contributed by atoms with Crippen molar-refractivity contribution in [3.8, 4) is 11.6 Å². The second kappa shape index (κ2) is 8.88. The van der Waals surface area contributed by atoms with Gasteiger partial charge in [-0.05, 0) is 41.3 Å². The first-order valence-corrected chi connectivity index (χ1v) is 11.4. The molecule has 3 aromatic heterocycles. The fourth-order valence-corrected chi connectivity index (χ4v) is 4.58. The van der Waals surface area contributed by atoms with E-state index in [1.165, 1.54) is 11.8 Å². The standard InChI is InChI=1S/C25H21N3O3S/c1-2-17-10-11-20-19(14-23(29)31-22(20)13-17)16-32-25-27-26-24(21-9-6-12-30-21)28(25)15-18-7-4-3-5-8-18/h3-14H,2,15-16H2,1H3.